The van der Waals surface area contributed by atoms with E-state index in [4.69, 9.17) is 4.74 Å². The predicted molar refractivity (Wildman–Crippen MR) is 130 cm³/mol. The van der Waals surface area contributed by atoms with Crippen molar-refractivity contribution in [3.63, 3.8) is 0 Å². The van der Waals surface area contributed by atoms with Gasteiger partial charge in [0.1, 0.15) is 11.4 Å². The Balaban J connectivity index is 1.55. The molecule has 3 aromatic heterocycles. The minimum absolute atomic E-state index is 0.00873. The Kier molecular flexibility index (Phi) is 7.09. The molecule has 186 valence electrons. The van der Waals surface area contributed by atoms with Crippen molar-refractivity contribution in [2.45, 2.75) is 13.3 Å². The highest BCUT2D eigenvalue weighted by molar-refractivity contribution is 6.07. The molecule has 0 fully saturated rings. The summed E-state index contributed by atoms with van der Waals surface area (Å²) in [5.41, 5.74) is 2.46. The summed E-state index contributed by atoms with van der Waals surface area (Å²) in [4.78, 5) is 47.7. The van der Waals surface area contributed by atoms with Crippen LogP contribution in [0.15, 0.2) is 48.9 Å². The fourth-order valence-corrected chi connectivity index (χ4v) is 3.61. The van der Waals surface area contributed by atoms with Crippen LogP contribution in [-0.4, -0.2) is 74.0 Å². The first-order chi connectivity index (χ1) is 17.3. The van der Waals surface area contributed by atoms with E-state index in [1.807, 2.05) is 19.2 Å². The summed E-state index contributed by atoms with van der Waals surface area (Å²) >= 11 is 0. The maximum Gasteiger partial charge on any atom is 0.343 e. The van der Waals surface area contributed by atoms with Gasteiger partial charge in [-0.2, -0.15) is 5.10 Å². The summed E-state index contributed by atoms with van der Waals surface area (Å²) in [6.45, 7) is 2.18. The molecule has 0 aliphatic heterocycles. The summed E-state index contributed by atoms with van der Waals surface area (Å²) in [7, 11) is 4.61. The number of carbonyl (C=O) groups is 3. The van der Waals surface area contributed by atoms with Gasteiger partial charge in [0.05, 0.1) is 36.7 Å². The number of methoxy groups -OCH3 is 1. The fourth-order valence-electron chi connectivity index (χ4n) is 3.61. The van der Waals surface area contributed by atoms with Gasteiger partial charge in [-0.3, -0.25) is 18.7 Å². The van der Waals surface area contributed by atoms with E-state index in [0.29, 0.717) is 29.5 Å². The van der Waals surface area contributed by atoms with E-state index in [2.05, 4.69) is 19.8 Å². The van der Waals surface area contributed by atoms with E-state index in [0.717, 1.165) is 5.56 Å². The molecule has 0 atom stereocenters. The van der Waals surface area contributed by atoms with Gasteiger partial charge in [-0.1, -0.05) is 12.1 Å². The number of carbonyl (C=O) groups excluding carboxylic acids is 3. The number of amides is 1. The zero-order valence-corrected chi connectivity index (χ0v) is 20.5. The third-order valence-corrected chi connectivity index (χ3v) is 5.69. The average Bonchev–Trinajstić information content (AvgIpc) is 3.49. The first-order valence-electron chi connectivity index (χ1n) is 11.3. The van der Waals surface area contributed by atoms with E-state index >= 15 is 0 Å². The quantitative estimate of drug-likeness (QED) is 0.259. The third kappa shape index (κ3) is 5.09. The van der Waals surface area contributed by atoms with Crippen LogP contribution in [0.25, 0.3) is 17.0 Å². The normalized spacial score (nSPS) is 10.9. The van der Waals surface area contributed by atoms with Gasteiger partial charge in [-0.15, -0.1) is 0 Å². The van der Waals surface area contributed by atoms with E-state index in [9.17, 15) is 14.4 Å². The van der Waals surface area contributed by atoms with Crippen molar-refractivity contribution in [3.05, 3.63) is 65.9 Å². The van der Waals surface area contributed by atoms with E-state index < -0.39 is 5.97 Å². The Hall–Kier alpha value is -4.54. The maximum absolute atomic E-state index is 13.1. The second-order valence-electron chi connectivity index (χ2n) is 8.09. The smallest absolute Gasteiger partial charge is 0.343 e. The second kappa shape index (κ2) is 10.4. The predicted octanol–water partition coefficient (Wildman–Crippen LogP) is 2.20. The number of ether oxygens (including phenoxy) is 2. The lowest BCUT2D eigenvalue weighted by Crippen LogP contribution is -2.28. The lowest BCUT2D eigenvalue weighted by atomic mass is 10.1. The number of esters is 1. The number of aromatic nitrogens is 5. The minimum Gasteiger partial charge on any atom is -0.482 e. The average molecular weight is 491 g/mol. The highest BCUT2D eigenvalue weighted by atomic mass is 16.6. The molecule has 1 amide bonds. The number of aryl methyl sites for hydroxylation is 1. The van der Waals surface area contributed by atoms with Crippen molar-refractivity contribution in [2.24, 2.45) is 7.05 Å². The number of imidazole rings is 1. The van der Waals surface area contributed by atoms with Crippen molar-refractivity contribution < 1.29 is 23.9 Å². The molecule has 0 spiro atoms. The van der Waals surface area contributed by atoms with Crippen LogP contribution in [0.2, 0.25) is 0 Å². The molecular weight excluding hydrogens is 464 g/mol. The number of benzene rings is 1. The molecule has 0 aliphatic rings. The van der Waals surface area contributed by atoms with Crippen LogP contribution in [-0.2, 0) is 23.0 Å². The summed E-state index contributed by atoms with van der Waals surface area (Å²) in [6.07, 6.45) is 5.00. The van der Waals surface area contributed by atoms with Gasteiger partial charge in [-0.25, -0.2) is 14.8 Å². The van der Waals surface area contributed by atoms with Crippen molar-refractivity contribution in [3.8, 4) is 17.0 Å². The zero-order chi connectivity index (χ0) is 25.8. The van der Waals surface area contributed by atoms with Gasteiger partial charge >= 0.3 is 5.97 Å². The largest absolute Gasteiger partial charge is 0.482 e. The molecule has 0 saturated heterocycles. The molecule has 4 aromatic rings. The van der Waals surface area contributed by atoms with Crippen molar-refractivity contribution in [1.82, 2.24) is 29.0 Å². The van der Waals surface area contributed by atoms with Gasteiger partial charge < -0.3 is 14.4 Å². The Morgan fingerprint density at radius 2 is 1.94 bits per heavy atom. The minimum atomic E-state index is -0.473. The summed E-state index contributed by atoms with van der Waals surface area (Å²) in [5.74, 6) is -0.0675. The molecule has 0 aliphatic carbocycles. The molecule has 36 heavy (non-hydrogen) atoms. The Morgan fingerprint density at radius 3 is 2.69 bits per heavy atom. The van der Waals surface area contributed by atoms with Crippen LogP contribution in [0.4, 0.5) is 0 Å². The number of fused-ring (bicyclic) bond motifs is 1. The molecule has 11 heteroatoms. The van der Waals surface area contributed by atoms with Crippen molar-refractivity contribution in [1.29, 1.82) is 0 Å². The summed E-state index contributed by atoms with van der Waals surface area (Å²) in [6, 6.07) is 8.91. The number of ketones is 1. The summed E-state index contributed by atoms with van der Waals surface area (Å²) < 4.78 is 13.2. The van der Waals surface area contributed by atoms with Gasteiger partial charge in [0.2, 0.25) is 5.78 Å². The first kappa shape index (κ1) is 24.6. The lowest BCUT2D eigenvalue weighted by Gasteiger charge is -2.14. The van der Waals surface area contributed by atoms with E-state index in [-0.39, 0.29) is 36.0 Å². The Morgan fingerprint density at radius 1 is 1.14 bits per heavy atom. The number of rotatable bonds is 9. The van der Waals surface area contributed by atoms with Crippen LogP contribution < -0.4 is 4.74 Å². The standard InChI is InChI=1S/C25H26N6O5/c1-5-29(2)24(34)19-13-26-30(3)23(19)21(32)12-17-9-10-31-14-20(28-25(31)27-17)16-7-6-8-18(11-16)36-15-22(33)35-4/h6-11,13-14H,5,12,15H2,1-4H3. The zero-order valence-electron chi connectivity index (χ0n) is 20.5. The molecule has 11 nitrogen and oxygen atoms in total. The van der Waals surface area contributed by atoms with Crippen LogP contribution in [0.5, 0.6) is 5.75 Å². The maximum atomic E-state index is 13.1. The number of Topliss-reactive ketones (excluding diaryl/α,β-unsaturated/α-hetero) is 1. The highest BCUT2D eigenvalue weighted by Crippen LogP contribution is 2.24. The molecule has 4 rings (SSSR count). The van der Waals surface area contributed by atoms with E-state index in [1.54, 1.807) is 49.0 Å². The Bertz CT molecular complexity index is 1440. The Labute approximate surface area is 207 Å². The van der Waals surface area contributed by atoms with Gasteiger partial charge in [0.15, 0.2) is 12.4 Å². The second-order valence-corrected chi connectivity index (χ2v) is 8.09. The van der Waals surface area contributed by atoms with Crippen LogP contribution in [0, 0.1) is 0 Å². The molecule has 0 unspecified atom stereocenters. The third-order valence-electron chi connectivity index (χ3n) is 5.69. The van der Waals surface area contributed by atoms with Gasteiger partial charge in [-0.05, 0) is 25.1 Å². The SMILES string of the molecule is CCN(C)C(=O)c1cnn(C)c1C(=O)Cc1ccn2cc(-c3cccc(OCC(=O)OC)c3)nc2n1. The lowest BCUT2D eigenvalue weighted by molar-refractivity contribution is -0.142. The molecule has 1 aromatic carbocycles. The number of hydrogen-bond donors (Lipinski definition) is 0. The van der Waals surface area contributed by atoms with Crippen molar-refractivity contribution >= 4 is 23.4 Å². The van der Waals surface area contributed by atoms with Crippen LogP contribution >= 0.6 is 0 Å². The summed E-state index contributed by atoms with van der Waals surface area (Å²) in [5, 5.41) is 4.11. The molecule has 0 bridgehead atoms. The molecule has 0 saturated carbocycles. The number of nitrogens with zero attached hydrogens (tertiary/aromatic N) is 6. The van der Waals surface area contributed by atoms with Crippen LogP contribution in [0.3, 0.4) is 0 Å². The first-order valence-corrected chi connectivity index (χ1v) is 11.3. The molecule has 0 N–H and O–H groups in total. The molecular formula is C25H26N6O5. The molecule has 3 heterocycles. The van der Waals surface area contributed by atoms with E-state index in [1.165, 1.54) is 22.9 Å². The monoisotopic (exact) mass is 490 g/mol. The topological polar surface area (TPSA) is 121 Å². The van der Waals surface area contributed by atoms with Gasteiger partial charge in [0.25, 0.3) is 5.91 Å². The molecule has 0 radical (unpaired) electrons. The van der Waals surface area contributed by atoms with Crippen LogP contribution in [0.1, 0.15) is 33.5 Å². The fraction of sp³-hybridized carbons (Fsp3) is 0.280. The van der Waals surface area contributed by atoms with Crippen molar-refractivity contribution in [2.75, 3.05) is 27.3 Å². The number of hydrogen-bond acceptors (Lipinski definition) is 8. The highest BCUT2D eigenvalue weighted by Gasteiger charge is 2.24. The van der Waals surface area contributed by atoms with Gasteiger partial charge in [0, 0.05) is 38.6 Å².